The van der Waals surface area contributed by atoms with E-state index < -0.39 is 0 Å². The zero-order valence-corrected chi connectivity index (χ0v) is 18.0. The van der Waals surface area contributed by atoms with Crippen molar-refractivity contribution in [2.24, 2.45) is 0 Å². The van der Waals surface area contributed by atoms with Crippen molar-refractivity contribution >= 4 is 22.5 Å². The van der Waals surface area contributed by atoms with Gasteiger partial charge in [-0.25, -0.2) is 9.97 Å². The highest BCUT2D eigenvalue weighted by atomic mass is 16.1. The number of likely N-dealkylation sites (N-methyl/N-ethyl adjacent to an activating group) is 1. The monoisotopic (exact) mass is 413 g/mol. The number of amides is 1. The topological polar surface area (TPSA) is 63.0 Å². The Kier molecular flexibility index (Phi) is 6.38. The minimum absolute atomic E-state index is 0.222. The van der Waals surface area contributed by atoms with Gasteiger partial charge in [0.05, 0.1) is 5.56 Å². The number of hydrogen-bond donors (Lipinski definition) is 1. The van der Waals surface area contributed by atoms with Crippen molar-refractivity contribution in [1.82, 2.24) is 19.4 Å². The molecule has 0 aliphatic carbocycles. The summed E-state index contributed by atoms with van der Waals surface area (Å²) in [5.74, 6) is 0.379. The zero-order valence-electron chi connectivity index (χ0n) is 18.0. The predicted molar refractivity (Wildman–Crippen MR) is 125 cm³/mol. The van der Waals surface area contributed by atoms with Crippen molar-refractivity contribution in [2.75, 3.05) is 25.0 Å². The summed E-state index contributed by atoms with van der Waals surface area (Å²) in [7, 11) is 0. The molecule has 0 radical (unpaired) electrons. The number of nitrogens with one attached hydrogen (secondary N) is 1. The lowest BCUT2D eigenvalue weighted by atomic mass is 10.2. The lowest BCUT2D eigenvalue weighted by Gasteiger charge is -2.18. The van der Waals surface area contributed by atoms with Crippen LogP contribution in [0.15, 0.2) is 73.2 Å². The first-order chi connectivity index (χ1) is 15.2. The van der Waals surface area contributed by atoms with E-state index in [0.29, 0.717) is 11.4 Å². The van der Waals surface area contributed by atoms with E-state index in [9.17, 15) is 4.79 Å². The van der Waals surface area contributed by atoms with Crippen LogP contribution in [0.3, 0.4) is 0 Å². The van der Waals surface area contributed by atoms with Gasteiger partial charge in [-0.15, -0.1) is 0 Å². The van der Waals surface area contributed by atoms with Crippen LogP contribution in [0.5, 0.6) is 0 Å². The van der Waals surface area contributed by atoms with Crippen molar-refractivity contribution in [1.29, 1.82) is 0 Å². The third kappa shape index (κ3) is 4.81. The van der Waals surface area contributed by atoms with Gasteiger partial charge in [-0.1, -0.05) is 44.2 Å². The Morgan fingerprint density at radius 1 is 1.00 bits per heavy atom. The first kappa shape index (κ1) is 20.8. The second-order valence-corrected chi connectivity index (χ2v) is 7.43. The summed E-state index contributed by atoms with van der Waals surface area (Å²) in [6.45, 7) is 8.46. The van der Waals surface area contributed by atoms with Gasteiger partial charge >= 0.3 is 0 Å². The number of fused-ring (bicyclic) bond motifs is 1. The third-order valence-electron chi connectivity index (χ3n) is 5.53. The first-order valence-corrected chi connectivity index (χ1v) is 10.7. The highest BCUT2D eigenvalue weighted by molar-refractivity contribution is 6.04. The van der Waals surface area contributed by atoms with Crippen LogP contribution in [0.25, 0.3) is 22.3 Å². The van der Waals surface area contributed by atoms with Crippen molar-refractivity contribution in [2.45, 2.75) is 20.4 Å². The van der Waals surface area contributed by atoms with Crippen molar-refractivity contribution in [3.05, 3.63) is 78.8 Å². The van der Waals surface area contributed by atoms with E-state index in [4.69, 9.17) is 0 Å². The minimum atomic E-state index is -0.222. The Balaban J connectivity index is 1.44. The van der Waals surface area contributed by atoms with Crippen molar-refractivity contribution < 1.29 is 4.79 Å². The highest BCUT2D eigenvalue weighted by Gasteiger charge is 2.10. The number of aromatic nitrogens is 3. The standard InChI is InChI=1S/C25H27N5O/c1-3-29(4-2)14-15-30-13-12-20-16-22(10-11-23(20)30)28-25(31)21-17-26-24(27-18-21)19-8-6-5-7-9-19/h5-13,16-18H,3-4,14-15H2,1-2H3,(H,28,31). The molecule has 0 saturated carbocycles. The molecule has 0 atom stereocenters. The van der Waals surface area contributed by atoms with Crippen LogP contribution in [0.2, 0.25) is 0 Å². The zero-order chi connectivity index (χ0) is 21.6. The summed E-state index contributed by atoms with van der Waals surface area (Å²) in [6.07, 6.45) is 5.23. The normalized spacial score (nSPS) is 11.2. The Morgan fingerprint density at radius 3 is 2.45 bits per heavy atom. The number of anilines is 1. The summed E-state index contributed by atoms with van der Waals surface area (Å²) in [5, 5.41) is 4.06. The molecular formula is C25H27N5O. The molecular weight excluding hydrogens is 386 g/mol. The van der Waals surface area contributed by atoms with Crippen LogP contribution in [-0.2, 0) is 6.54 Å². The summed E-state index contributed by atoms with van der Waals surface area (Å²) < 4.78 is 2.26. The largest absolute Gasteiger partial charge is 0.346 e. The average molecular weight is 414 g/mol. The number of carbonyl (C=O) groups is 1. The predicted octanol–water partition coefficient (Wildman–Crippen LogP) is 4.69. The maximum atomic E-state index is 12.6. The molecule has 0 unspecified atom stereocenters. The van der Waals surface area contributed by atoms with Crippen LogP contribution in [0.4, 0.5) is 5.69 Å². The third-order valence-corrected chi connectivity index (χ3v) is 5.53. The average Bonchev–Trinajstić information content (AvgIpc) is 3.22. The number of nitrogens with zero attached hydrogens (tertiary/aromatic N) is 4. The van der Waals surface area contributed by atoms with Gasteiger partial charge in [0.2, 0.25) is 0 Å². The van der Waals surface area contributed by atoms with E-state index in [-0.39, 0.29) is 5.91 Å². The van der Waals surface area contributed by atoms with E-state index in [1.165, 1.54) is 5.52 Å². The molecule has 0 bridgehead atoms. The Morgan fingerprint density at radius 2 is 1.74 bits per heavy atom. The number of rotatable bonds is 8. The van der Waals surface area contributed by atoms with Gasteiger partial charge in [0.1, 0.15) is 0 Å². The summed E-state index contributed by atoms with van der Waals surface area (Å²) >= 11 is 0. The molecule has 4 rings (SSSR count). The van der Waals surface area contributed by atoms with Gasteiger partial charge < -0.3 is 14.8 Å². The molecule has 0 aliphatic heterocycles. The van der Waals surface area contributed by atoms with Gasteiger partial charge in [0.25, 0.3) is 5.91 Å². The second-order valence-electron chi connectivity index (χ2n) is 7.43. The molecule has 0 fully saturated rings. The first-order valence-electron chi connectivity index (χ1n) is 10.7. The summed E-state index contributed by atoms with van der Waals surface area (Å²) in [6, 6.07) is 17.8. The summed E-state index contributed by atoms with van der Waals surface area (Å²) in [4.78, 5) is 23.7. The Hall–Kier alpha value is -3.51. The van der Waals surface area contributed by atoms with Crippen LogP contribution in [-0.4, -0.2) is 45.0 Å². The molecule has 0 spiro atoms. The highest BCUT2D eigenvalue weighted by Crippen LogP contribution is 2.21. The van der Waals surface area contributed by atoms with E-state index in [1.54, 1.807) is 12.4 Å². The Labute approximate surface area is 182 Å². The smallest absolute Gasteiger partial charge is 0.258 e. The molecule has 6 heteroatoms. The fourth-order valence-electron chi connectivity index (χ4n) is 3.65. The second kappa shape index (κ2) is 9.53. The van der Waals surface area contributed by atoms with Gasteiger partial charge in [-0.05, 0) is 37.4 Å². The lowest BCUT2D eigenvalue weighted by Crippen LogP contribution is -2.26. The molecule has 0 aliphatic rings. The van der Waals surface area contributed by atoms with E-state index in [2.05, 4.69) is 56.9 Å². The van der Waals surface area contributed by atoms with Crippen molar-refractivity contribution in [3.63, 3.8) is 0 Å². The molecule has 4 aromatic rings. The number of carbonyl (C=O) groups excluding carboxylic acids is 1. The Bertz CT molecular complexity index is 1150. The van der Waals surface area contributed by atoms with Crippen LogP contribution in [0, 0.1) is 0 Å². The maximum Gasteiger partial charge on any atom is 0.258 e. The van der Waals surface area contributed by atoms with E-state index in [0.717, 1.165) is 42.8 Å². The molecule has 2 aromatic carbocycles. The molecule has 1 amide bonds. The van der Waals surface area contributed by atoms with Gasteiger partial charge in [-0.2, -0.15) is 0 Å². The fraction of sp³-hybridized carbons (Fsp3) is 0.240. The number of benzene rings is 2. The molecule has 0 saturated heterocycles. The van der Waals surface area contributed by atoms with Gasteiger partial charge in [0, 0.05) is 53.8 Å². The maximum absolute atomic E-state index is 12.6. The molecule has 6 nitrogen and oxygen atoms in total. The molecule has 1 N–H and O–H groups in total. The lowest BCUT2D eigenvalue weighted by molar-refractivity contribution is 0.102. The van der Waals surface area contributed by atoms with E-state index >= 15 is 0 Å². The van der Waals surface area contributed by atoms with Crippen molar-refractivity contribution in [3.8, 4) is 11.4 Å². The number of hydrogen-bond acceptors (Lipinski definition) is 4. The van der Waals surface area contributed by atoms with Crippen LogP contribution in [0.1, 0.15) is 24.2 Å². The minimum Gasteiger partial charge on any atom is -0.346 e. The molecule has 2 aromatic heterocycles. The fourth-order valence-corrected chi connectivity index (χ4v) is 3.65. The van der Waals surface area contributed by atoms with Crippen LogP contribution < -0.4 is 5.32 Å². The molecule has 158 valence electrons. The SMILES string of the molecule is CCN(CC)CCn1ccc2cc(NC(=O)c3cnc(-c4ccccc4)nc3)ccc21. The van der Waals surface area contributed by atoms with E-state index in [1.807, 2.05) is 42.5 Å². The van der Waals surface area contributed by atoms with Gasteiger partial charge in [0.15, 0.2) is 5.82 Å². The quantitative estimate of drug-likeness (QED) is 0.455. The molecule has 31 heavy (non-hydrogen) atoms. The van der Waals surface area contributed by atoms with Crippen LogP contribution >= 0.6 is 0 Å². The summed E-state index contributed by atoms with van der Waals surface area (Å²) in [5.41, 5.74) is 3.27. The molecule has 2 heterocycles. The van der Waals surface area contributed by atoms with Gasteiger partial charge in [-0.3, -0.25) is 4.79 Å².